The summed E-state index contributed by atoms with van der Waals surface area (Å²) < 4.78 is 7.37. The first-order valence-electron chi connectivity index (χ1n) is 6.59. The molecule has 108 valence electrons. The Morgan fingerprint density at radius 3 is 2.70 bits per heavy atom. The van der Waals surface area contributed by atoms with Crippen molar-refractivity contribution in [2.24, 2.45) is 0 Å². The molecule has 4 N–H and O–H groups in total. The molecule has 2 aromatic heterocycles. The van der Waals surface area contributed by atoms with Crippen molar-refractivity contribution in [1.82, 2.24) is 19.7 Å². The molecule has 0 fully saturated rings. The summed E-state index contributed by atoms with van der Waals surface area (Å²) in [7, 11) is 0. The van der Waals surface area contributed by atoms with Crippen molar-refractivity contribution in [3.05, 3.63) is 23.5 Å². The average Bonchev–Trinajstić information content (AvgIpc) is 2.76. The summed E-state index contributed by atoms with van der Waals surface area (Å²) in [6, 6.07) is 2.15. The second-order valence-corrected chi connectivity index (χ2v) is 4.76. The van der Waals surface area contributed by atoms with Crippen LogP contribution in [0.25, 0.3) is 0 Å². The minimum Gasteiger partial charge on any atom is -0.477 e. The Labute approximate surface area is 118 Å². The number of ether oxygens (including phenoxy) is 1. The maximum absolute atomic E-state index is 5.87. The van der Waals surface area contributed by atoms with Crippen LogP contribution >= 0.6 is 0 Å². The zero-order valence-corrected chi connectivity index (χ0v) is 12.0. The van der Waals surface area contributed by atoms with Crippen molar-refractivity contribution in [2.45, 2.75) is 33.2 Å². The lowest BCUT2D eigenvalue weighted by atomic mass is 10.1. The summed E-state index contributed by atoms with van der Waals surface area (Å²) in [5.41, 5.74) is 13.2. The first-order valence-corrected chi connectivity index (χ1v) is 6.59. The third-order valence-electron chi connectivity index (χ3n) is 2.86. The fourth-order valence-electron chi connectivity index (χ4n) is 1.97. The van der Waals surface area contributed by atoms with Crippen molar-refractivity contribution >= 4 is 11.8 Å². The molecule has 7 heteroatoms. The highest BCUT2D eigenvalue weighted by molar-refractivity contribution is 5.43. The number of aromatic nitrogens is 4. The molecule has 0 saturated heterocycles. The predicted molar refractivity (Wildman–Crippen MR) is 77.4 cm³/mol. The molecule has 0 unspecified atom stereocenters. The lowest BCUT2D eigenvalue weighted by Gasteiger charge is -2.11. The zero-order chi connectivity index (χ0) is 14.7. The third-order valence-corrected chi connectivity index (χ3v) is 2.86. The van der Waals surface area contributed by atoms with Gasteiger partial charge in [-0.2, -0.15) is 4.98 Å². The van der Waals surface area contributed by atoms with Gasteiger partial charge in [-0.15, -0.1) is 5.10 Å². The molecule has 0 bridgehead atoms. The van der Waals surface area contributed by atoms with Gasteiger partial charge in [-0.3, -0.25) is 4.68 Å². The van der Waals surface area contributed by atoms with Crippen LogP contribution in [-0.2, 0) is 6.42 Å². The largest absolute Gasteiger partial charge is 0.477 e. The van der Waals surface area contributed by atoms with Gasteiger partial charge in [0.2, 0.25) is 11.8 Å². The Morgan fingerprint density at radius 1 is 1.35 bits per heavy atom. The van der Waals surface area contributed by atoms with Gasteiger partial charge in [0.25, 0.3) is 0 Å². The van der Waals surface area contributed by atoms with Gasteiger partial charge in [0.05, 0.1) is 6.61 Å². The number of hydrogen-bond acceptors (Lipinski definition) is 6. The quantitative estimate of drug-likeness (QED) is 0.855. The third kappa shape index (κ3) is 2.98. The van der Waals surface area contributed by atoms with E-state index in [-0.39, 0.29) is 12.0 Å². The molecule has 2 aromatic rings. The van der Waals surface area contributed by atoms with Gasteiger partial charge in [0, 0.05) is 36.0 Å². The summed E-state index contributed by atoms with van der Waals surface area (Å²) in [6.07, 6.45) is 2.24. The summed E-state index contributed by atoms with van der Waals surface area (Å²) >= 11 is 0. The maximum atomic E-state index is 5.87. The molecule has 0 saturated carbocycles. The average molecular weight is 276 g/mol. The van der Waals surface area contributed by atoms with E-state index in [2.05, 4.69) is 28.9 Å². The fourth-order valence-corrected chi connectivity index (χ4v) is 1.97. The van der Waals surface area contributed by atoms with E-state index in [0.717, 1.165) is 11.3 Å². The highest BCUT2D eigenvalue weighted by Gasteiger charge is 2.14. The van der Waals surface area contributed by atoms with Crippen LogP contribution in [0.2, 0.25) is 0 Å². The highest BCUT2D eigenvalue weighted by Crippen LogP contribution is 2.21. The van der Waals surface area contributed by atoms with Crippen LogP contribution in [-0.4, -0.2) is 26.4 Å². The van der Waals surface area contributed by atoms with Crippen LogP contribution in [0.1, 0.15) is 38.1 Å². The summed E-state index contributed by atoms with van der Waals surface area (Å²) in [5.74, 6) is 1.19. The molecule has 0 spiro atoms. The number of nitrogens with zero attached hydrogens (tertiary/aromatic N) is 4. The Morgan fingerprint density at radius 2 is 2.10 bits per heavy atom. The van der Waals surface area contributed by atoms with Crippen LogP contribution in [0, 0.1) is 0 Å². The number of nitrogen functional groups attached to an aromatic ring is 2. The van der Waals surface area contributed by atoms with Crippen LogP contribution in [0.15, 0.2) is 12.3 Å². The SMILES string of the molecule is CCOc1cc(Cc2cnc(N)nc2N)n(C(C)C)n1. The Kier molecular flexibility index (Phi) is 4.07. The molecular formula is C13H20N6O. The van der Waals surface area contributed by atoms with Gasteiger partial charge in [-0.25, -0.2) is 4.98 Å². The van der Waals surface area contributed by atoms with E-state index < -0.39 is 0 Å². The standard InChI is InChI=1S/C13H20N6O/c1-4-20-11-6-10(19(18-11)8(2)3)5-9-7-16-13(15)17-12(9)14/h6-8H,4-5H2,1-3H3,(H4,14,15,16,17). The molecule has 0 aromatic carbocycles. The Balaban J connectivity index is 2.31. The first kappa shape index (κ1) is 14.1. The van der Waals surface area contributed by atoms with E-state index in [1.807, 2.05) is 17.7 Å². The lowest BCUT2D eigenvalue weighted by molar-refractivity contribution is 0.319. The number of anilines is 2. The predicted octanol–water partition coefficient (Wildman–Crippen LogP) is 1.41. The van der Waals surface area contributed by atoms with Gasteiger partial charge in [0.15, 0.2) is 0 Å². The lowest BCUT2D eigenvalue weighted by Crippen LogP contribution is -2.10. The van der Waals surface area contributed by atoms with Crippen LogP contribution < -0.4 is 16.2 Å². The van der Waals surface area contributed by atoms with Crippen molar-refractivity contribution < 1.29 is 4.74 Å². The van der Waals surface area contributed by atoms with Crippen LogP contribution in [0.5, 0.6) is 5.88 Å². The minimum absolute atomic E-state index is 0.179. The summed E-state index contributed by atoms with van der Waals surface area (Å²) in [6.45, 7) is 6.64. The smallest absolute Gasteiger partial charge is 0.233 e. The fraction of sp³-hybridized carbons (Fsp3) is 0.462. The summed E-state index contributed by atoms with van der Waals surface area (Å²) in [4.78, 5) is 7.95. The summed E-state index contributed by atoms with van der Waals surface area (Å²) in [5, 5.41) is 4.43. The molecule has 2 heterocycles. The van der Waals surface area contributed by atoms with Crippen molar-refractivity contribution in [3.63, 3.8) is 0 Å². The van der Waals surface area contributed by atoms with E-state index in [4.69, 9.17) is 16.2 Å². The molecule has 7 nitrogen and oxygen atoms in total. The van der Waals surface area contributed by atoms with Gasteiger partial charge < -0.3 is 16.2 Å². The number of rotatable bonds is 5. The van der Waals surface area contributed by atoms with Gasteiger partial charge >= 0.3 is 0 Å². The van der Waals surface area contributed by atoms with Gasteiger partial charge in [-0.1, -0.05) is 0 Å². The molecule has 0 aliphatic carbocycles. The van der Waals surface area contributed by atoms with Crippen LogP contribution in [0.3, 0.4) is 0 Å². The van der Waals surface area contributed by atoms with E-state index >= 15 is 0 Å². The van der Waals surface area contributed by atoms with Gasteiger partial charge in [0.1, 0.15) is 5.82 Å². The molecule has 0 radical (unpaired) electrons. The van der Waals surface area contributed by atoms with Crippen molar-refractivity contribution in [1.29, 1.82) is 0 Å². The highest BCUT2D eigenvalue weighted by atomic mass is 16.5. The molecule has 2 rings (SSSR count). The second kappa shape index (κ2) is 5.77. The molecule has 0 aliphatic heterocycles. The van der Waals surface area contributed by atoms with E-state index in [0.29, 0.717) is 24.7 Å². The van der Waals surface area contributed by atoms with Crippen molar-refractivity contribution in [3.8, 4) is 5.88 Å². The van der Waals surface area contributed by atoms with Gasteiger partial charge in [-0.05, 0) is 20.8 Å². The van der Waals surface area contributed by atoms with E-state index in [9.17, 15) is 0 Å². The molecule has 0 atom stereocenters. The number of nitrogens with two attached hydrogens (primary N) is 2. The molecular weight excluding hydrogens is 256 g/mol. The first-order chi connectivity index (χ1) is 9.51. The normalized spacial score (nSPS) is 11.0. The number of hydrogen-bond donors (Lipinski definition) is 2. The topological polar surface area (TPSA) is 105 Å². The van der Waals surface area contributed by atoms with E-state index in [1.165, 1.54) is 0 Å². The van der Waals surface area contributed by atoms with Crippen LogP contribution in [0.4, 0.5) is 11.8 Å². The van der Waals surface area contributed by atoms with Crippen molar-refractivity contribution in [2.75, 3.05) is 18.1 Å². The molecule has 20 heavy (non-hydrogen) atoms. The Bertz CT molecular complexity index is 593. The maximum Gasteiger partial charge on any atom is 0.233 e. The molecule has 0 amide bonds. The second-order valence-electron chi connectivity index (χ2n) is 4.76. The molecule has 0 aliphatic rings. The monoisotopic (exact) mass is 276 g/mol. The minimum atomic E-state index is 0.179. The van der Waals surface area contributed by atoms with E-state index in [1.54, 1.807) is 6.20 Å². The Hall–Kier alpha value is -2.31. The zero-order valence-electron chi connectivity index (χ0n) is 12.0.